The molecule has 0 saturated heterocycles. The minimum atomic E-state index is 0.0480. The van der Waals surface area contributed by atoms with E-state index in [0.29, 0.717) is 6.42 Å². The summed E-state index contributed by atoms with van der Waals surface area (Å²) < 4.78 is 0. The first-order chi connectivity index (χ1) is 3.81. The van der Waals surface area contributed by atoms with Gasteiger partial charge in [0.15, 0.2) is 0 Å². The first-order valence-corrected chi connectivity index (χ1v) is 2.38. The van der Waals surface area contributed by atoms with Crippen LogP contribution in [0.1, 0.15) is 6.42 Å². The number of hydrogen-bond donors (Lipinski definition) is 1. The predicted octanol–water partition coefficient (Wildman–Crippen LogP) is -0.0693. The summed E-state index contributed by atoms with van der Waals surface area (Å²) in [7, 11) is 1.47. The number of nitrogens with one attached hydrogen (secondary N) is 1. The molecule has 8 heavy (non-hydrogen) atoms. The average Bonchev–Trinajstić information content (AvgIpc) is 1.83. The molecule has 0 fully saturated rings. The monoisotopic (exact) mass is 116 g/mol. The van der Waals surface area contributed by atoms with Crippen molar-refractivity contribution >= 4 is 5.78 Å². The van der Waals surface area contributed by atoms with E-state index in [0.717, 1.165) is 0 Å². The van der Waals surface area contributed by atoms with Crippen LogP contribution < -0.4 is 5.48 Å². The molecular formula is C5H10NO2. The van der Waals surface area contributed by atoms with Gasteiger partial charge in [-0.05, 0) is 6.92 Å². The predicted molar refractivity (Wildman–Crippen MR) is 30.0 cm³/mol. The van der Waals surface area contributed by atoms with E-state index in [9.17, 15) is 4.79 Å². The normalized spacial score (nSPS) is 9.25. The highest BCUT2D eigenvalue weighted by molar-refractivity contribution is 5.80. The summed E-state index contributed by atoms with van der Waals surface area (Å²) in [5.74, 6) is 0.0480. The van der Waals surface area contributed by atoms with Crippen LogP contribution in [0.4, 0.5) is 0 Å². The standard InChI is InChI=1S/C5H10NO2/c1-3-5(7)4-6-8-2/h6H,1,3-4H2,2H3. The zero-order valence-electron chi connectivity index (χ0n) is 4.94. The highest BCUT2D eigenvalue weighted by Crippen LogP contribution is 1.74. The van der Waals surface area contributed by atoms with Gasteiger partial charge in [0.1, 0.15) is 5.78 Å². The van der Waals surface area contributed by atoms with Crippen LogP contribution in [0.2, 0.25) is 0 Å². The molecule has 1 N–H and O–H groups in total. The Kier molecular flexibility index (Phi) is 4.50. The van der Waals surface area contributed by atoms with Gasteiger partial charge < -0.3 is 4.84 Å². The number of hydroxylamine groups is 1. The Balaban J connectivity index is 2.99. The van der Waals surface area contributed by atoms with Gasteiger partial charge in [0.05, 0.1) is 13.7 Å². The Morgan fingerprint density at radius 2 is 2.50 bits per heavy atom. The van der Waals surface area contributed by atoms with Gasteiger partial charge in [-0.2, -0.15) is 5.48 Å². The number of Topliss-reactive ketones (excluding diaryl/α,β-unsaturated/α-hetero) is 1. The van der Waals surface area contributed by atoms with Gasteiger partial charge in [-0.3, -0.25) is 4.79 Å². The molecule has 0 bridgehead atoms. The van der Waals surface area contributed by atoms with Gasteiger partial charge in [0.25, 0.3) is 0 Å². The Morgan fingerprint density at radius 1 is 1.88 bits per heavy atom. The summed E-state index contributed by atoms with van der Waals surface area (Å²) in [5, 5.41) is 0. The molecule has 0 spiro atoms. The molecular weight excluding hydrogens is 106 g/mol. The molecule has 0 heterocycles. The molecule has 3 heteroatoms. The summed E-state index contributed by atoms with van der Waals surface area (Å²) in [6.45, 7) is 3.64. The Morgan fingerprint density at radius 3 is 2.88 bits per heavy atom. The Labute approximate surface area is 49.0 Å². The fraction of sp³-hybridized carbons (Fsp3) is 0.600. The van der Waals surface area contributed by atoms with E-state index < -0.39 is 0 Å². The molecule has 0 rings (SSSR count). The van der Waals surface area contributed by atoms with Crippen molar-refractivity contribution in [3.8, 4) is 0 Å². The molecule has 0 aromatic rings. The van der Waals surface area contributed by atoms with Gasteiger partial charge in [-0.1, -0.05) is 0 Å². The topological polar surface area (TPSA) is 38.3 Å². The van der Waals surface area contributed by atoms with Crippen LogP contribution in [0.3, 0.4) is 0 Å². The molecule has 0 amide bonds. The second kappa shape index (κ2) is 4.74. The molecule has 1 radical (unpaired) electrons. The van der Waals surface area contributed by atoms with Crippen LogP contribution in [0.5, 0.6) is 0 Å². The van der Waals surface area contributed by atoms with Crippen molar-refractivity contribution in [2.75, 3.05) is 13.7 Å². The Bertz CT molecular complexity index is 72.8. The Hall–Kier alpha value is -0.410. The van der Waals surface area contributed by atoms with Crippen LogP contribution in [0.15, 0.2) is 0 Å². The maximum Gasteiger partial charge on any atom is 0.148 e. The van der Waals surface area contributed by atoms with E-state index in [4.69, 9.17) is 0 Å². The largest absolute Gasteiger partial charge is 0.305 e. The van der Waals surface area contributed by atoms with Gasteiger partial charge >= 0.3 is 0 Å². The minimum absolute atomic E-state index is 0.0480. The molecule has 0 saturated carbocycles. The van der Waals surface area contributed by atoms with E-state index in [1.807, 2.05) is 0 Å². The SMILES string of the molecule is [CH2]CC(=O)CNOC. The van der Waals surface area contributed by atoms with Crippen molar-refractivity contribution in [3.63, 3.8) is 0 Å². The number of carbonyl (C=O) groups is 1. The quantitative estimate of drug-likeness (QED) is 0.522. The van der Waals surface area contributed by atoms with Crippen LogP contribution in [0.25, 0.3) is 0 Å². The van der Waals surface area contributed by atoms with Gasteiger partial charge in [0, 0.05) is 6.42 Å². The fourth-order valence-electron chi connectivity index (χ4n) is 0.241. The summed E-state index contributed by atoms with van der Waals surface area (Å²) in [6.07, 6.45) is 0.316. The molecule has 0 aromatic heterocycles. The number of rotatable bonds is 4. The van der Waals surface area contributed by atoms with Crippen LogP contribution in [-0.2, 0) is 9.63 Å². The molecule has 0 aromatic carbocycles. The van der Waals surface area contributed by atoms with Crippen molar-refractivity contribution in [1.82, 2.24) is 5.48 Å². The van der Waals surface area contributed by atoms with Gasteiger partial charge in [0.2, 0.25) is 0 Å². The van der Waals surface area contributed by atoms with E-state index in [-0.39, 0.29) is 12.3 Å². The zero-order valence-corrected chi connectivity index (χ0v) is 4.94. The van der Waals surface area contributed by atoms with Crippen LogP contribution >= 0.6 is 0 Å². The highest BCUT2D eigenvalue weighted by Gasteiger charge is 1.93. The fourth-order valence-corrected chi connectivity index (χ4v) is 0.241. The van der Waals surface area contributed by atoms with E-state index in [2.05, 4.69) is 17.2 Å². The summed E-state index contributed by atoms with van der Waals surface area (Å²) in [6, 6.07) is 0. The molecule has 47 valence electrons. The van der Waals surface area contributed by atoms with E-state index >= 15 is 0 Å². The van der Waals surface area contributed by atoms with Crippen molar-refractivity contribution in [2.45, 2.75) is 6.42 Å². The summed E-state index contributed by atoms with van der Waals surface area (Å²) in [5.41, 5.74) is 2.41. The number of ketones is 1. The molecule has 0 atom stereocenters. The molecule has 0 unspecified atom stereocenters. The zero-order chi connectivity index (χ0) is 6.41. The maximum atomic E-state index is 10.4. The van der Waals surface area contributed by atoms with E-state index in [1.54, 1.807) is 0 Å². The lowest BCUT2D eigenvalue weighted by Crippen LogP contribution is -2.20. The van der Waals surface area contributed by atoms with Gasteiger partial charge in [-0.25, -0.2) is 0 Å². The van der Waals surface area contributed by atoms with Crippen molar-refractivity contribution < 1.29 is 9.63 Å². The highest BCUT2D eigenvalue weighted by atomic mass is 16.6. The van der Waals surface area contributed by atoms with Crippen molar-refractivity contribution in [3.05, 3.63) is 6.92 Å². The van der Waals surface area contributed by atoms with Crippen molar-refractivity contribution in [1.29, 1.82) is 0 Å². The number of carbonyl (C=O) groups excluding carboxylic acids is 1. The lowest BCUT2D eigenvalue weighted by molar-refractivity contribution is -0.119. The minimum Gasteiger partial charge on any atom is -0.305 e. The molecule has 3 nitrogen and oxygen atoms in total. The third-order valence-electron chi connectivity index (χ3n) is 0.693. The van der Waals surface area contributed by atoms with Crippen molar-refractivity contribution in [2.24, 2.45) is 0 Å². The van der Waals surface area contributed by atoms with Crippen LogP contribution in [-0.4, -0.2) is 19.4 Å². The lowest BCUT2D eigenvalue weighted by atomic mass is 10.3. The number of hydrogen-bond acceptors (Lipinski definition) is 3. The van der Waals surface area contributed by atoms with Gasteiger partial charge in [-0.15, -0.1) is 0 Å². The first kappa shape index (κ1) is 7.59. The summed E-state index contributed by atoms with van der Waals surface area (Å²) in [4.78, 5) is 14.8. The second-order valence-corrected chi connectivity index (χ2v) is 1.31. The first-order valence-electron chi connectivity index (χ1n) is 2.38. The summed E-state index contributed by atoms with van der Waals surface area (Å²) >= 11 is 0. The average molecular weight is 116 g/mol. The molecule has 0 aliphatic rings. The molecule has 0 aliphatic carbocycles. The second-order valence-electron chi connectivity index (χ2n) is 1.31. The third kappa shape index (κ3) is 3.77. The van der Waals surface area contributed by atoms with E-state index in [1.165, 1.54) is 7.11 Å². The third-order valence-corrected chi connectivity index (χ3v) is 0.693. The van der Waals surface area contributed by atoms with Crippen LogP contribution in [0, 0.1) is 6.92 Å². The maximum absolute atomic E-state index is 10.4. The smallest absolute Gasteiger partial charge is 0.148 e. The lowest BCUT2D eigenvalue weighted by Gasteiger charge is -1.95. The molecule has 0 aliphatic heterocycles.